The van der Waals surface area contributed by atoms with Crippen LogP contribution in [0.15, 0.2) is 46.9 Å². The first kappa shape index (κ1) is 20.4. The highest BCUT2D eigenvalue weighted by molar-refractivity contribution is 9.10. The molecule has 2 aromatic rings. The Kier molecular flexibility index (Phi) is 6.70. The van der Waals surface area contributed by atoms with Crippen molar-refractivity contribution in [3.8, 4) is 5.75 Å². The van der Waals surface area contributed by atoms with Gasteiger partial charge in [-0.05, 0) is 56.3 Å². The Morgan fingerprint density at radius 1 is 1.21 bits per heavy atom. The Morgan fingerprint density at radius 2 is 2.04 bits per heavy atom. The van der Waals surface area contributed by atoms with E-state index >= 15 is 0 Å². The molecule has 3 rings (SSSR count). The number of aromatic hydroxyl groups is 1. The molecule has 1 saturated heterocycles. The minimum absolute atomic E-state index is 0.164. The van der Waals surface area contributed by atoms with Crippen molar-refractivity contribution < 1.29 is 14.7 Å². The molecular weight excluding hydrogens is 422 g/mol. The molecule has 0 aliphatic carbocycles. The number of nitrogens with one attached hydrogen (secondary N) is 2. The van der Waals surface area contributed by atoms with Crippen molar-refractivity contribution >= 4 is 33.4 Å². The average molecular weight is 446 g/mol. The van der Waals surface area contributed by atoms with Crippen molar-refractivity contribution in [1.29, 1.82) is 0 Å². The number of likely N-dealkylation sites (tertiary alicyclic amines) is 1. The quantitative estimate of drug-likeness (QED) is 0.633. The normalized spacial score (nSPS) is 16.7. The molecule has 0 radical (unpaired) electrons. The lowest BCUT2D eigenvalue weighted by molar-refractivity contribution is 0.0938. The van der Waals surface area contributed by atoms with Gasteiger partial charge < -0.3 is 15.7 Å². The van der Waals surface area contributed by atoms with Crippen LogP contribution in [-0.4, -0.2) is 47.5 Å². The molecular formula is C21H24BrN3O3. The molecule has 148 valence electrons. The lowest BCUT2D eigenvalue weighted by Crippen LogP contribution is -2.40. The van der Waals surface area contributed by atoms with Crippen molar-refractivity contribution in [3.05, 3.63) is 58.1 Å². The predicted molar refractivity (Wildman–Crippen MR) is 113 cm³/mol. The third-order valence-electron chi connectivity index (χ3n) is 4.99. The van der Waals surface area contributed by atoms with Crippen LogP contribution in [-0.2, 0) is 0 Å². The number of likely N-dealkylation sites (N-methyl/N-ethyl adjacent to an activating group) is 1. The summed E-state index contributed by atoms with van der Waals surface area (Å²) in [5.74, 6) is -0.771. The van der Waals surface area contributed by atoms with E-state index in [2.05, 4.69) is 38.4 Å². The fraction of sp³-hybridized carbons (Fsp3) is 0.333. The van der Waals surface area contributed by atoms with Crippen molar-refractivity contribution in [1.82, 2.24) is 10.2 Å². The maximum atomic E-state index is 12.4. The molecule has 2 aromatic carbocycles. The first-order chi connectivity index (χ1) is 13.5. The van der Waals surface area contributed by atoms with Gasteiger partial charge in [-0.3, -0.25) is 14.5 Å². The van der Waals surface area contributed by atoms with Crippen LogP contribution in [0.2, 0.25) is 0 Å². The summed E-state index contributed by atoms with van der Waals surface area (Å²) in [4.78, 5) is 27.1. The van der Waals surface area contributed by atoms with E-state index in [4.69, 9.17) is 0 Å². The zero-order chi connectivity index (χ0) is 20.1. The molecule has 6 nitrogen and oxygen atoms in total. The van der Waals surface area contributed by atoms with Gasteiger partial charge >= 0.3 is 0 Å². The fourth-order valence-corrected chi connectivity index (χ4v) is 3.88. The van der Waals surface area contributed by atoms with Crippen LogP contribution in [0.5, 0.6) is 5.75 Å². The van der Waals surface area contributed by atoms with Crippen LogP contribution in [0.4, 0.5) is 5.69 Å². The minimum atomic E-state index is -0.315. The molecule has 1 unspecified atom stereocenters. The van der Waals surface area contributed by atoms with Crippen LogP contribution in [0.1, 0.15) is 40.5 Å². The highest BCUT2D eigenvalue weighted by Crippen LogP contribution is 2.23. The number of hydrogen-bond donors (Lipinski definition) is 3. The summed E-state index contributed by atoms with van der Waals surface area (Å²) in [5.41, 5.74) is 1.11. The number of carbonyl (C=O) groups is 2. The van der Waals surface area contributed by atoms with Crippen LogP contribution in [0.25, 0.3) is 0 Å². The van der Waals surface area contributed by atoms with Gasteiger partial charge in [-0.2, -0.15) is 0 Å². The predicted octanol–water partition coefficient (Wildman–Crippen LogP) is 3.62. The summed E-state index contributed by atoms with van der Waals surface area (Å²) < 4.78 is 0.805. The third kappa shape index (κ3) is 4.91. The lowest BCUT2D eigenvalue weighted by Gasteiger charge is -2.23. The zero-order valence-electron chi connectivity index (χ0n) is 15.7. The standard InChI is InChI=1S/C21H24BrN3O3/c1-2-25-10-4-7-17(25)13-23-21(28)18-9-8-16(12-19(18)26)24-20(27)14-5-3-6-15(22)11-14/h3,5-6,8-9,11-12,17,26H,2,4,7,10,13H2,1H3,(H,23,28)(H,24,27). The van der Waals surface area contributed by atoms with Gasteiger partial charge in [0.05, 0.1) is 5.56 Å². The molecule has 1 aliphatic heterocycles. The van der Waals surface area contributed by atoms with Crippen LogP contribution < -0.4 is 10.6 Å². The zero-order valence-corrected chi connectivity index (χ0v) is 17.3. The van der Waals surface area contributed by atoms with Gasteiger partial charge in [0, 0.05) is 34.4 Å². The van der Waals surface area contributed by atoms with Gasteiger partial charge in [-0.15, -0.1) is 0 Å². The molecule has 28 heavy (non-hydrogen) atoms. The second kappa shape index (κ2) is 9.21. The van der Waals surface area contributed by atoms with E-state index in [0.717, 1.165) is 30.4 Å². The minimum Gasteiger partial charge on any atom is -0.507 e. The lowest BCUT2D eigenvalue weighted by atomic mass is 10.1. The van der Waals surface area contributed by atoms with E-state index in [0.29, 0.717) is 23.8 Å². The van der Waals surface area contributed by atoms with Gasteiger partial charge in [-0.25, -0.2) is 0 Å². The van der Waals surface area contributed by atoms with Crippen molar-refractivity contribution in [3.63, 3.8) is 0 Å². The summed E-state index contributed by atoms with van der Waals surface area (Å²) >= 11 is 3.33. The maximum absolute atomic E-state index is 12.4. The highest BCUT2D eigenvalue weighted by Gasteiger charge is 2.23. The Hall–Kier alpha value is -2.38. The van der Waals surface area contributed by atoms with E-state index < -0.39 is 0 Å². The molecule has 3 N–H and O–H groups in total. The van der Waals surface area contributed by atoms with E-state index in [1.165, 1.54) is 12.1 Å². The second-order valence-corrected chi connectivity index (χ2v) is 7.75. The van der Waals surface area contributed by atoms with Crippen molar-refractivity contribution in [2.45, 2.75) is 25.8 Å². The molecule has 1 fully saturated rings. The Labute approximate surface area is 173 Å². The SMILES string of the molecule is CCN1CCCC1CNC(=O)c1ccc(NC(=O)c2cccc(Br)c2)cc1O. The molecule has 0 spiro atoms. The van der Waals surface area contributed by atoms with Gasteiger partial charge in [0.2, 0.25) is 0 Å². The third-order valence-corrected chi connectivity index (χ3v) is 5.48. The summed E-state index contributed by atoms with van der Waals surface area (Å²) in [6.45, 7) is 4.72. The first-order valence-corrected chi connectivity index (χ1v) is 10.2. The van der Waals surface area contributed by atoms with E-state index in [9.17, 15) is 14.7 Å². The summed E-state index contributed by atoms with van der Waals surface area (Å²) in [5, 5.41) is 15.9. The van der Waals surface area contributed by atoms with E-state index in [1.807, 2.05) is 6.07 Å². The first-order valence-electron chi connectivity index (χ1n) is 9.40. The molecule has 1 aliphatic rings. The molecule has 1 heterocycles. The highest BCUT2D eigenvalue weighted by atomic mass is 79.9. The summed E-state index contributed by atoms with van der Waals surface area (Å²) in [6.07, 6.45) is 2.21. The second-order valence-electron chi connectivity index (χ2n) is 6.83. The molecule has 0 bridgehead atoms. The molecule has 0 aromatic heterocycles. The number of amides is 2. The maximum Gasteiger partial charge on any atom is 0.255 e. The smallest absolute Gasteiger partial charge is 0.255 e. The number of rotatable bonds is 6. The van der Waals surface area contributed by atoms with Gasteiger partial charge in [0.25, 0.3) is 11.8 Å². The summed E-state index contributed by atoms with van der Waals surface area (Å²) in [6, 6.07) is 11.9. The van der Waals surface area contributed by atoms with Gasteiger partial charge in [0.1, 0.15) is 5.75 Å². The van der Waals surface area contributed by atoms with Crippen molar-refractivity contribution in [2.24, 2.45) is 0 Å². The number of anilines is 1. The Balaban J connectivity index is 1.61. The van der Waals surface area contributed by atoms with Crippen LogP contribution in [0.3, 0.4) is 0 Å². The topological polar surface area (TPSA) is 81.7 Å². The number of benzene rings is 2. The number of carbonyl (C=O) groups excluding carboxylic acids is 2. The Morgan fingerprint density at radius 3 is 2.75 bits per heavy atom. The Bertz CT molecular complexity index is 872. The molecule has 1 atom stereocenters. The summed E-state index contributed by atoms with van der Waals surface area (Å²) in [7, 11) is 0. The number of phenols is 1. The number of hydrogen-bond acceptors (Lipinski definition) is 4. The van der Waals surface area contributed by atoms with Gasteiger partial charge in [0.15, 0.2) is 0 Å². The molecule has 0 saturated carbocycles. The largest absolute Gasteiger partial charge is 0.507 e. The van der Waals surface area contributed by atoms with Crippen molar-refractivity contribution in [2.75, 3.05) is 25.0 Å². The number of nitrogens with zero attached hydrogens (tertiary/aromatic N) is 1. The van der Waals surface area contributed by atoms with Crippen LogP contribution in [0, 0.1) is 0 Å². The average Bonchev–Trinajstić information content (AvgIpc) is 3.14. The fourth-order valence-electron chi connectivity index (χ4n) is 3.48. The van der Waals surface area contributed by atoms with E-state index in [1.54, 1.807) is 24.3 Å². The molecule has 2 amide bonds. The molecule has 7 heteroatoms. The van der Waals surface area contributed by atoms with Gasteiger partial charge in [-0.1, -0.05) is 28.9 Å². The number of phenolic OH excluding ortho intramolecular Hbond substituents is 1. The monoisotopic (exact) mass is 445 g/mol. The number of halogens is 1. The van der Waals surface area contributed by atoms with E-state index in [-0.39, 0.29) is 23.1 Å². The van der Waals surface area contributed by atoms with Crippen LogP contribution >= 0.6 is 15.9 Å².